The summed E-state index contributed by atoms with van der Waals surface area (Å²) < 4.78 is 42.6. The predicted octanol–water partition coefficient (Wildman–Crippen LogP) is 1.46. The van der Waals surface area contributed by atoms with Crippen LogP contribution >= 0.6 is 0 Å². The number of fused-ring (bicyclic) bond motifs is 1. The Morgan fingerprint density at radius 2 is 2.17 bits per heavy atom. The van der Waals surface area contributed by atoms with Crippen LogP contribution in [-0.2, 0) is 12.6 Å². The second-order valence-electron chi connectivity index (χ2n) is 6.81. The van der Waals surface area contributed by atoms with Gasteiger partial charge in [-0.15, -0.1) is 0 Å². The number of benzene rings is 1. The van der Waals surface area contributed by atoms with E-state index in [4.69, 9.17) is 5.11 Å². The van der Waals surface area contributed by atoms with E-state index in [1.165, 1.54) is 17.7 Å². The fourth-order valence-corrected chi connectivity index (χ4v) is 4.98. The summed E-state index contributed by atoms with van der Waals surface area (Å²) in [6.45, 7) is 2.59. The molecule has 0 spiro atoms. The quantitative estimate of drug-likeness (QED) is 0.343. The van der Waals surface area contributed by atoms with Crippen LogP contribution in [0.4, 0.5) is 13.2 Å². The van der Waals surface area contributed by atoms with Gasteiger partial charge in [-0.3, -0.25) is 0 Å². The molecule has 2 aliphatic rings. The number of alkyl halides is 4. The summed E-state index contributed by atoms with van der Waals surface area (Å²) in [4.78, 5) is 4.67. The Kier molecular flexibility index (Phi) is 7.34. The van der Waals surface area contributed by atoms with Gasteiger partial charge in [-0.25, -0.2) is 0 Å². The molecule has 0 saturated carbocycles. The predicted molar refractivity (Wildman–Crippen MR) is 106 cm³/mol. The van der Waals surface area contributed by atoms with Crippen molar-refractivity contribution in [2.45, 2.75) is 25.9 Å². The van der Waals surface area contributed by atoms with Crippen LogP contribution in [0.2, 0.25) is 0 Å². The molecule has 0 amide bonds. The van der Waals surface area contributed by atoms with Gasteiger partial charge in [0.25, 0.3) is 0 Å². The number of nitrogens with zero attached hydrogens (tertiary/aromatic N) is 1. The molecule has 1 aromatic rings. The van der Waals surface area contributed by atoms with Gasteiger partial charge >= 0.3 is 166 Å². The first kappa shape index (κ1) is 21.8. The number of aliphatic imine (C=N–C) groups is 1. The molecule has 0 unspecified atom stereocenters. The van der Waals surface area contributed by atoms with Gasteiger partial charge in [0.2, 0.25) is 0 Å². The molecule has 2 N–H and O–H groups in total. The van der Waals surface area contributed by atoms with Crippen molar-refractivity contribution in [2.24, 2.45) is 4.99 Å². The number of aliphatic hydroxyl groups is 1. The first-order chi connectivity index (χ1) is 13.9. The monoisotopic (exact) mass is 515 g/mol. The van der Waals surface area contributed by atoms with Crippen molar-refractivity contribution in [2.75, 3.05) is 17.6 Å². The summed E-state index contributed by atoms with van der Waals surface area (Å²) in [5, 5.41) is 12.2. The summed E-state index contributed by atoms with van der Waals surface area (Å²) in [5.41, 5.74) is 4.46. The van der Waals surface area contributed by atoms with E-state index in [1.807, 2.05) is 13.1 Å². The van der Waals surface area contributed by atoms with Crippen LogP contribution in [0.1, 0.15) is 30.0 Å². The van der Waals surface area contributed by atoms with Gasteiger partial charge in [0, 0.05) is 0 Å². The van der Waals surface area contributed by atoms with Crippen molar-refractivity contribution in [1.82, 2.24) is 5.32 Å². The Labute approximate surface area is 179 Å². The summed E-state index contributed by atoms with van der Waals surface area (Å²) >= 11 is 0.0689. The normalized spacial score (nSPS) is 18.7. The van der Waals surface area contributed by atoms with Crippen LogP contribution in [0, 0.1) is 0 Å². The number of rotatable bonds is 6. The molecule has 29 heavy (non-hydrogen) atoms. The molecule has 3 nitrogen and oxygen atoms in total. The van der Waals surface area contributed by atoms with E-state index in [2.05, 4.69) is 26.5 Å². The van der Waals surface area contributed by atoms with Crippen LogP contribution in [-0.4, -0.2) is 28.4 Å². The van der Waals surface area contributed by atoms with Crippen LogP contribution in [0.25, 0.3) is 6.08 Å². The average Bonchev–Trinajstić information content (AvgIpc) is 2.71. The molecule has 0 aromatic heterocycles. The van der Waals surface area contributed by atoms with Crippen LogP contribution in [0.3, 0.4) is 0 Å². The summed E-state index contributed by atoms with van der Waals surface area (Å²) in [5.74, 6) is 0. The Morgan fingerprint density at radius 1 is 1.34 bits per heavy atom. The third kappa shape index (κ3) is 5.82. The SMILES string of the molecule is C/C(=C\N=C1Cc2ccc(C(F)(F)F)cc2C=C1NCCCO)C1=C[I-]CC=C1. The molecule has 1 heterocycles. The Morgan fingerprint density at radius 3 is 2.86 bits per heavy atom. The molecular formula is C22H23F3IN2O-. The van der Waals surface area contributed by atoms with Crippen molar-refractivity contribution in [3.8, 4) is 0 Å². The average molecular weight is 515 g/mol. The Balaban J connectivity index is 1.91. The van der Waals surface area contributed by atoms with E-state index in [-0.39, 0.29) is 27.8 Å². The zero-order valence-electron chi connectivity index (χ0n) is 16.1. The second-order valence-corrected chi connectivity index (χ2v) is 9.20. The third-order valence-corrected chi connectivity index (χ3v) is 6.76. The molecule has 0 saturated heterocycles. The van der Waals surface area contributed by atoms with E-state index in [0.29, 0.717) is 30.6 Å². The number of nitrogens with one attached hydrogen (secondary N) is 1. The Bertz CT molecular complexity index is 911. The number of aliphatic hydroxyl groups excluding tert-OH is 1. The molecule has 0 atom stereocenters. The summed E-state index contributed by atoms with van der Waals surface area (Å²) in [6, 6.07) is 3.83. The molecule has 0 bridgehead atoms. The minimum absolute atomic E-state index is 0.0458. The van der Waals surface area contributed by atoms with Gasteiger partial charge in [0.05, 0.1) is 0 Å². The maximum atomic E-state index is 13.1. The van der Waals surface area contributed by atoms with Crippen molar-refractivity contribution in [3.05, 3.63) is 74.2 Å². The van der Waals surface area contributed by atoms with Crippen molar-refractivity contribution in [3.63, 3.8) is 0 Å². The second kappa shape index (κ2) is 9.75. The van der Waals surface area contributed by atoms with Crippen molar-refractivity contribution in [1.29, 1.82) is 0 Å². The van der Waals surface area contributed by atoms with Gasteiger partial charge < -0.3 is 0 Å². The van der Waals surface area contributed by atoms with E-state index in [0.717, 1.165) is 27.3 Å². The molecule has 7 heteroatoms. The molecular weight excluding hydrogens is 492 g/mol. The van der Waals surface area contributed by atoms with E-state index in [1.54, 1.807) is 6.08 Å². The molecule has 0 radical (unpaired) electrons. The fourth-order valence-electron chi connectivity index (χ4n) is 3.01. The van der Waals surface area contributed by atoms with Gasteiger partial charge in [0.15, 0.2) is 0 Å². The fraction of sp³-hybridized carbons (Fsp3) is 0.318. The zero-order chi connectivity index (χ0) is 20.9. The molecule has 0 fully saturated rings. The topological polar surface area (TPSA) is 44.6 Å². The van der Waals surface area contributed by atoms with Gasteiger partial charge in [-0.2, -0.15) is 13.2 Å². The van der Waals surface area contributed by atoms with Crippen LogP contribution < -0.4 is 26.5 Å². The molecule has 1 aliphatic heterocycles. The van der Waals surface area contributed by atoms with E-state index < -0.39 is 11.7 Å². The number of hydrogen-bond donors (Lipinski definition) is 2. The minimum atomic E-state index is -4.37. The van der Waals surface area contributed by atoms with Gasteiger partial charge in [-0.1, -0.05) is 0 Å². The molecule has 1 aliphatic carbocycles. The van der Waals surface area contributed by atoms with E-state index >= 15 is 0 Å². The number of hydrogen-bond acceptors (Lipinski definition) is 3. The maximum absolute atomic E-state index is 13.1. The molecule has 3 rings (SSSR count). The van der Waals surface area contributed by atoms with Crippen molar-refractivity contribution >= 4 is 11.8 Å². The van der Waals surface area contributed by atoms with Crippen LogP contribution in [0.15, 0.2) is 62.5 Å². The first-order valence-electron chi connectivity index (χ1n) is 9.33. The Hall–Kier alpha value is -1.87. The molecule has 156 valence electrons. The van der Waals surface area contributed by atoms with Crippen LogP contribution in [0.5, 0.6) is 0 Å². The summed E-state index contributed by atoms with van der Waals surface area (Å²) in [7, 11) is 0. The number of halogens is 4. The zero-order valence-corrected chi connectivity index (χ0v) is 18.2. The van der Waals surface area contributed by atoms with E-state index in [9.17, 15) is 13.2 Å². The molecule has 1 aromatic carbocycles. The third-order valence-electron chi connectivity index (χ3n) is 4.63. The number of allylic oxidation sites excluding steroid dienone is 5. The van der Waals surface area contributed by atoms with Crippen molar-refractivity contribution < 1.29 is 39.5 Å². The first-order valence-corrected chi connectivity index (χ1v) is 12.1. The van der Waals surface area contributed by atoms with Gasteiger partial charge in [0.1, 0.15) is 0 Å². The van der Waals surface area contributed by atoms with Gasteiger partial charge in [-0.05, 0) is 0 Å². The standard InChI is InChI=1S/C22H23F3IN2O/c1-15(17-4-2-7-26-13-17)14-28-21-11-16-5-6-19(22(23,24)25)10-18(16)12-20(21)27-8-3-9-29/h2,4-6,10,12-14,27,29H,3,7-9,11H2,1H3/q-1/b15-14+,28-21?. The summed E-state index contributed by atoms with van der Waals surface area (Å²) in [6.07, 6.45) is 4.49.